The molecule has 1 aliphatic rings. The van der Waals surface area contributed by atoms with Gasteiger partial charge in [-0.2, -0.15) is 10.2 Å². The molecule has 0 spiro atoms. The highest BCUT2D eigenvalue weighted by molar-refractivity contribution is 5.73. The highest BCUT2D eigenvalue weighted by Crippen LogP contribution is 2.44. The molecule has 0 aliphatic carbocycles. The summed E-state index contributed by atoms with van der Waals surface area (Å²) in [4.78, 5) is 14.5. The summed E-state index contributed by atoms with van der Waals surface area (Å²) in [6, 6.07) is 6.51. The molecule has 0 atom stereocenters. The third-order valence-electron chi connectivity index (χ3n) is 3.28. The topological polar surface area (TPSA) is 141 Å². The molecule has 21 heavy (non-hydrogen) atoms. The van der Waals surface area contributed by atoms with E-state index in [1.165, 1.54) is 6.07 Å². The average molecular weight is 283 g/mol. The van der Waals surface area contributed by atoms with E-state index in [1.54, 1.807) is 12.1 Å². The minimum Gasteiger partial charge on any atom is -0.431 e. The molecule has 4 N–H and O–H groups in total. The van der Waals surface area contributed by atoms with Crippen LogP contribution in [0.25, 0.3) is 0 Å². The second-order valence-corrected chi connectivity index (χ2v) is 4.48. The van der Waals surface area contributed by atoms with E-state index in [0.29, 0.717) is 17.5 Å². The molecule has 0 saturated carbocycles. The van der Waals surface area contributed by atoms with E-state index in [4.69, 9.17) is 21.5 Å². The van der Waals surface area contributed by atoms with Crippen LogP contribution < -0.4 is 16.2 Å². The maximum Gasteiger partial charge on any atom is 0.311 e. The van der Waals surface area contributed by atoms with Crippen LogP contribution in [0, 0.1) is 21.4 Å². The number of nitrogens with zero attached hydrogens (tertiary/aromatic N) is 3. The summed E-state index contributed by atoms with van der Waals surface area (Å²) in [5, 5.41) is 20.1. The molecule has 0 fully saturated rings. The number of nitriles is 1. The van der Waals surface area contributed by atoms with Crippen LogP contribution in [0.3, 0.4) is 0 Å². The maximum atomic E-state index is 11.0. The molecule has 1 aromatic carbocycles. The second kappa shape index (κ2) is 4.35. The van der Waals surface area contributed by atoms with Crippen molar-refractivity contribution in [2.75, 3.05) is 11.5 Å². The van der Waals surface area contributed by atoms with E-state index in [2.05, 4.69) is 4.98 Å². The fourth-order valence-corrected chi connectivity index (χ4v) is 2.27. The highest BCUT2D eigenvalue weighted by Gasteiger charge is 2.29. The molecular formula is C13H9N5O3. The number of hydrogen-bond acceptors (Lipinski definition) is 7. The van der Waals surface area contributed by atoms with Gasteiger partial charge in [0.25, 0.3) is 0 Å². The van der Waals surface area contributed by atoms with Gasteiger partial charge in [0.1, 0.15) is 17.5 Å². The summed E-state index contributed by atoms with van der Waals surface area (Å²) in [5.74, 6) is 0.174. The predicted molar refractivity (Wildman–Crippen MR) is 73.8 cm³/mol. The van der Waals surface area contributed by atoms with Crippen molar-refractivity contribution in [3.63, 3.8) is 0 Å². The van der Waals surface area contributed by atoms with Crippen molar-refractivity contribution in [3.8, 4) is 17.7 Å². The SMILES string of the molecule is N#Cc1c(N)nc2c(c1N)Cc1cccc([N+](=O)[O-])c1O2. The van der Waals surface area contributed by atoms with Crippen molar-refractivity contribution in [1.82, 2.24) is 4.98 Å². The fraction of sp³-hybridized carbons (Fsp3) is 0.0769. The van der Waals surface area contributed by atoms with Crippen molar-refractivity contribution in [3.05, 3.63) is 45.0 Å². The Balaban J connectivity index is 2.20. The third kappa shape index (κ3) is 1.80. The molecule has 104 valence electrons. The van der Waals surface area contributed by atoms with Gasteiger partial charge in [0, 0.05) is 23.6 Å². The highest BCUT2D eigenvalue weighted by atomic mass is 16.6. The number of pyridine rings is 1. The summed E-state index contributed by atoms with van der Waals surface area (Å²) < 4.78 is 5.51. The number of aromatic nitrogens is 1. The maximum absolute atomic E-state index is 11.0. The first kappa shape index (κ1) is 12.7. The van der Waals surface area contributed by atoms with Crippen LogP contribution in [0.5, 0.6) is 11.6 Å². The summed E-state index contributed by atoms with van der Waals surface area (Å²) in [6.07, 6.45) is 0.292. The van der Waals surface area contributed by atoms with Gasteiger partial charge in [-0.25, -0.2) is 0 Å². The normalized spacial score (nSPS) is 11.8. The number of fused-ring (bicyclic) bond motifs is 2. The monoisotopic (exact) mass is 283 g/mol. The first-order chi connectivity index (χ1) is 10.0. The van der Waals surface area contributed by atoms with Gasteiger partial charge >= 0.3 is 5.69 Å². The molecule has 2 heterocycles. The lowest BCUT2D eigenvalue weighted by atomic mass is 9.98. The van der Waals surface area contributed by atoms with Gasteiger partial charge < -0.3 is 16.2 Å². The van der Waals surface area contributed by atoms with Gasteiger partial charge in [0.2, 0.25) is 11.6 Å². The molecule has 0 unspecified atom stereocenters. The number of ether oxygens (including phenoxy) is 1. The van der Waals surface area contributed by atoms with Crippen molar-refractivity contribution in [2.45, 2.75) is 6.42 Å². The van der Waals surface area contributed by atoms with Crippen molar-refractivity contribution < 1.29 is 9.66 Å². The molecule has 8 nitrogen and oxygen atoms in total. The number of para-hydroxylation sites is 1. The van der Waals surface area contributed by atoms with Crippen LogP contribution in [-0.4, -0.2) is 9.91 Å². The van der Waals surface area contributed by atoms with Crippen molar-refractivity contribution in [1.29, 1.82) is 5.26 Å². The largest absolute Gasteiger partial charge is 0.431 e. The van der Waals surface area contributed by atoms with E-state index in [9.17, 15) is 10.1 Å². The average Bonchev–Trinajstić information content (AvgIpc) is 2.45. The number of hydrogen-bond donors (Lipinski definition) is 2. The Morgan fingerprint density at radius 1 is 1.43 bits per heavy atom. The smallest absolute Gasteiger partial charge is 0.311 e. The molecule has 0 bridgehead atoms. The van der Waals surface area contributed by atoms with E-state index < -0.39 is 4.92 Å². The fourth-order valence-electron chi connectivity index (χ4n) is 2.27. The lowest BCUT2D eigenvalue weighted by Crippen LogP contribution is -2.12. The van der Waals surface area contributed by atoms with Gasteiger partial charge in [0.15, 0.2) is 0 Å². The molecule has 0 amide bonds. The zero-order valence-electron chi connectivity index (χ0n) is 10.7. The Morgan fingerprint density at radius 3 is 2.86 bits per heavy atom. The number of nitrogens with two attached hydrogens (primary N) is 2. The molecule has 0 saturated heterocycles. The van der Waals surface area contributed by atoms with Crippen LogP contribution in [0.2, 0.25) is 0 Å². The van der Waals surface area contributed by atoms with E-state index >= 15 is 0 Å². The van der Waals surface area contributed by atoms with Gasteiger partial charge in [-0.1, -0.05) is 12.1 Å². The van der Waals surface area contributed by atoms with E-state index in [1.807, 2.05) is 6.07 Å². The summed E-state index contributed by atoms with van der Waals surface area (Å²) in [5.41, 5.74) is 12.8. The minimum atomic E-state index is -0.528. The first-order valence-corrected chi connectivity index (χ1v) is 5.95. The number of nitro benzene ring substituents is 1. The van der Waals surface area contributed by atoms with Crippen LogP contribution in [0.1, 0.15) is 16.7 Å². The van der Waals surface area contributed by atoms with Crippen LogP contribution in [0.4, 0.5) is 17.2 Å². The number of anilines is 2. The van der Waals surface area contributed by atoms with E-state index in [-0.39, 0.29) is 34.4 Å². The Hall–Kier alpha value is -3.34. The Morgan fingerprint density at radius 2 is 2.19 bits per heavy atom. The summed E-state index contributed by atoms with van der Waals surface area (Å²) in [6.45, 7) is 0. The Labute approximate surface area is 118 Å². The summed E-state index contributed by atoms with van der Waals surface area (Å²) >= 11 is 0. The van der Waals surface area contributed by atoms with Crippen LogP contribution >= 0.6 is 0 Å². The van der Waals surface area contributed by atoms with Crippen molar-refractivity contribution >= 4 is 17.2 Å². The first-order valence-electron chi connectivity index (χ1n) is 5.95. The molecule has 1 aliphatic heterocycles. The number of benzene rings is 1. The molecule has 0 radical (unpaired) electrons. The van der Waals surface area contributed by atoms with Gasteiger partial charge in [-0.05, 0) is 0 Å². The Kier molecular flexibility index (Phi) is 2.62. The molecule has 2 aromatic rings. The molecule has 3 rings (SSSR count). The quantitative estimate of drug-likeness (QED) is 0.511. The minimum absolute atomic E-state index is 0.0595. The zero-order valence-corrected chi connectivity index (χ0v) is 10.7. The third-order valence-corrected chi connectivity index (χ3v) is 3.28. The van der Waals surface area contributed by atoms with Gasteiger partial charge in [-0.15, -0.1) is 0 Å². The lowest BCUT2D eigenvalue weighted by Gasteiger charge is -2.21. The predicted octanol–water partition coefficient (Wildman–Crippen LogP) is 1.72. The van der Waals surface area contributed by atoms with Crippen LogP contribution in [0.15, 0.2) is 18.2 Å². The summed E-state index contributed by atoms with van der Waals surface area (Å²) in [7, 11) is 0. The lowest BCUT2D eigenvalue weighted by molar-refractivity contribution is -0.385. The number of nitrogen functional groups attached to an aromatic ring is 2. The number of rotatable bonds is 1. The van der Waals surface area contributed by atoms with Gasteiger partial charge in [-0.3, -0.25) is 10.1 Å². The van der Waals surface area contributed by atoms with E-state index in [0.717, 1.165) is 0 Å². The zero-order chi connectivity index (χ0) is 15.1. The molecular weight excluding hydrogens is 274 g/mol. The second-order valence-electron chi connectivity index (χ2n) is 4.48. The standard InChI is InChI=1S/C13H9N5O3/c14-5-8-10(15)7-4-6-2-1-3-9(18(19)20)11(6)21-13(7)17-12(8)16/h1-3H,4H2,(H4,15,16,17). The number of nitro groups is 1. The van der Waals surface area contributed by atoms with Crippen molar-refractivity contribution in [2.24, 2.45) is 0 Å². The molecule has 8 heteroatoms. The van der Waals surface area contributed by atoms with Crippen LogP contribution in [-0.2, 0) is 6.42 Å². The Bertz CT molecular complexity index is 826. The molecule has 1 aromatic heterocycles. The van der Waals surface area contributed by atoms with Gasteiger partial charge in [0.05, 0.1) is 10.6 Å².